The van der Waals surface area contributed by atoms with Gasteiger partial charge in [0.2, 0.25) is 0 Å². The minimum atomic E-state index is -0.505. The predicted octanol–water partition coefficient (Wildman–Crippen LogP) is 3.67. The van der Waals surface area contributed by atoms with Gasteiger partial charge in [-0.2, -0.15) is 0 Å². The fourth-order valence-electron chi connectivity index (χ4n) is 1.76. The smallest absolute Gasteiger partial charge is 0.261 e. The first-order chi connectivity index (χ1) is 8.99. The van der Waals surface area contributed by atoms with Crippen LogP contribution in [0.5, 0.6) is 5.75 Å². The van der Waals surface area contributed by atoms with Crippen LogP contribution in [0.4, 0.5) is 0 Å². The van der Waals surface area contributed by atoms with E-state index in [1.54, 1.807) is 6.92 Å². The van der Waals surface area contributed by atoms with Crippen LogP contribution >= 0.6 is 0 Å². The second kappa shape index (κ2) is 5.86. The van der Waals surface area contributed by atoms with Crippen LogP contribution < -0.4 is 10.1 Å². The van der Waals surface area contributed by atoms with Gasteiger partial charge in [-0.1, -0.05) is 32.9 Å². The molecular weight excluding hydrogens is 250 g/mol. The highest BCUT2D eigenvalue weighted by molar-refractivity contribution is 5.81. The maximum atomic E-state index is 12.0. The Labute approximate surface area is 122 Å². The lowest BCUT2D eigenvalue weighted by molar-refractivity contribution is -0.128. The van der Waals surface area contributed by atoms with E-state index in [0.717, 1.165) is 5.75 Å². The molecule has 0 spiro atoms. The molecule has 3 heteroatoms. The number of hydrogen-bond donors (Lipinski definition) is 1. The maximum absolute atomic E-state index is 12.0. The number of amides is 1. The fraction of sp³-hybridized carbons (Fsp3) is 0.588. The monoisotopic (exact) mass is 277 g/mol. The molecule has 0 bridgehead atoms. The Morgan fingerprint density at radius 1 is 1.05 bits per heavy atom. The number of carbonyl (C=O) groups is 1. The third-order valence-corrected chi connectivity index (χ3v) is 2.90. The lowest BCUT2D eigenvalue weighted by Crippen LogP contribution is -2.46. The summed E-state index contributed by atoms with van der Waals surface area (Å²) in [4.78, 5) is 12.0. The van der Waals surface area contributed by atoms with Crippen molar-refractivity contribution in [2.75, 3.05) is 0 Å². The van der Waals surface area contributed by atoms with Gasteiger partial charge in [0.25, 0.3) is 5.91 Å². The molecule has 0 saturated carbocycles. The van der Waals surface area contributed by atoms with Crippen molar-refractivity contribution in [3.05, 3.63) is 29.8 Å². The highest BCUT2D eigenvalue weighted by Crippen LogP contribution is 2.24. The predicted molar refractivity (Wildman–Crippen MR) is 83.1 cm³/mol. The number of benzene rings is 1. The SMILES string of the molecule is C[C@@H](Oc1ccc(C(C)(C)C)cc1)C(=O)NC(C)(C)C. The molecule has 3 nitrogen and oxygen atoms in total. The van der Waals surface area contributed by atoms with E-state index >= 15 is 0 Å². The molecule has 1 N–H and O–H groups in total. The lowest BCUT2D eigenvalue weighted by atomic mass is 9.87. The molecule has 1 atom stereocenters. The fourth-order valence-corrected chi connectivity index (χ4v) is 1.76. The molecule has 0 aliphatic carbocycles. The minimum Gasteiger partial charge on any atom is -0.481 e. The molecule has 0 fully saturated rings. The van der Waals surface area contributed by atoms with Crippen molar-refractivity contribution in [3.63, 3.8) is 0 Å². The summed E-state index contributed by atoms with van der Waals surface area (Å²) in [5.74, 6) is 0.618. The topological polar surface area (TPSA) is 38.3 Å². The van der Waals surface area contributed by atoms with E-state index in [-0.39, 0.29) is 16.9 Å². The van der Waals surface area contributed by atoms with Gasteiger partial charge in [0.05, 0.1) is 0 Å². The van der Waals surface area contributed by atoms with Crippen molar-refractivity contribution in [2.24, 2.45) is 0 Å². The Morgan fingerprint density at radius 2 is 1.55 bits per heavy atom. The first-order valence-electron chi connectivity index (χ1n) is 7.08. The summed E-state index contributed by atoms with van der Waals surface area (Å²) in [5, 5.41) is 2.91. The summed E-state index contributed by atoms with van der Waals surface area (Å²) in [6.07, 6.45) is -0.505. The summed E-state index contributed by atoms with van der Waals surface area (Å²) >= 11 is 0. The molecule has 0 heterocycles. The van der Waals surface area contributed by atoms with Crippen LogP contribution in [0.15, 0.2) is 24.3 Å². The Bertz CT molecular complexity index is 449. The Balaban J connectivity index is 2.67. The normalized spacial score (nSPS) is 13.8. The Kier molecular flexibility index (Phi) is 4.85. The van der Waals surface area contributed by atoms with E-state index < -0.39 is 6.10 Å². The molecule has 0 unspecified atom stereocenters. The van der Waals surface area contributed by atoms with Crippen LogP contribution in [0.25, 0.3) is 0 Å². The Morgan fingerprint density at radius 3 is 1.95 bits per heavy atom. The van der Waals surface area contributed by atoms with Crippen molar-refractivity contribution < 1.29 is 9.53 Å². The first-order valence-corrected chi connectivity index (χ1v) is 7.08. The van der Waals surface area contributed by atoms with E-state index in [1.165, 1.54) is 5.56 Å². The van der Waals surface area contributed by atoms with E-state index in [2.05, 4.69) is 26.1 Å². The van der Waals surface area contributed by atoms with Crippen molar-refractivity contribution in [2.45, 2.75) is 65.5 Å². The molecule has 0 radical (unpaired) electrons. The van der Waals surface area contributed by atoms with E-state index in [0.29, 0.717) is 0 Å². The van der Waals surface area contributed by atoms with Crippen molar-refractivity contribution in [1.82, 2.24) is 5.32 Å². The summed E-state index contributed by atoms with van der Waals surface area (Å²) in [7, 11) is 0. The largest absolute Gasteiger partial charge is 0.481 e. The van der Waals surface area contributed by atoms with Crippen LogP contribution in [0.3, 0.4) is 0 Å². The molecule has 112 valence electrons. The molecule has 0 aromatic heterocycles. The first kappa shape index (κ1) is 16.5. The van der Waals surface area contributed by atoms with Gasteiger partial charge in [-0.3, -0.25) is 4.79 Å². The van der Waals surface area contributed by atoms with E-state index in [9.17, 15) is 4.79 Å². The highest BCUT2D eigenvalue weighted by atomic mass is 16.5. The average molecular weight is 277 g/mol. The molecule has 0 saturated heterocycles. The number of nitrogens with one attached hydrogen (secondary N) is 1. The van der Waals surface area contributed by atoms with Gasteiger partial charge < -0.3 is 10.1 Å². The maximum Gasteiger partial charge on any atom is 0.261 e. The standard InChI is InChI=1S/C17H27NO2/c1-12(15(19)18-17(5,6)7)20-14-10-8-13(9-11-14)16(2,3)4/h8-12H,1-7H3,(H,18,19)/t12-/m1/s1. The zero-order valence-electron chi connectivity index (χ0n) is 13.7. The summed E-state index contributed by atoms with van der Waals surface area (Å²) in [5.41, 5.74) is 1.12. The van der Waals surface area contributed by atoms with Crippen LogP contribution in [0.2, 0.25) is 0 Å². The molecule has 1 amide bonds. The Hall–Kier alpha value is -1.51. The van der Waals surface area contributed by atoms with Gasteiger partial charge in [0, 0.05) is 5.54 Å². The van der Waals surface area contributed by atoms with Crippen molar-refractivity contribution in [1.29, 1.82) is 0 Å². The minimum absolute atomic E-state index is 0.0996. The van der Waals surface area contributed by atoms with Crippen LogP contribution in [0, 0.1) is 0 Å². The molecule has 20 heavy (non-hydrogen) atoms. The van der Waals surface area contributed by atoms with Gasteiger partial charge in [0.1, 0.15) is 5.75 Å². The van der Waals surface area contributed by atoms with Gasteiger partial charge in [0.15, 0.2) is 6.10 Å². The van der Waals surface area contributed by atoms with Crippen LogP contribution in [-0.2, 0) is 10.2 Å². The molecule has 1 aromatic rings. The van der Waals surface area contributed by atoms with Crippen molar-refractivity contribution >= 4 is 5.91 Å². The lowest BCUT2D eigenvalue weighted by Gasteiger charge is -2.24. The van der Waals surface area contributed by atoms with Gasteiger partial charge >= 0.3 is 0 Å². The molecule has 1 aromatic carbocycles. The van der Waals surface area contributed by atoms with E-state index in [4.69, 9.17) is 4.74 Å². The summed E-state index contributed by atoms with van der Waals surface area (Å²) in [6.45, 7) is 14.1. The second-order valence-electron chi connectivity index (χ2n) is 7.27. The van der Waals surface area contributed by atoms with Gasteiger partial charge in [-0.15, -0.1) is 0 Å². The zero-order valence-corrected chi connectivity index (χ0v) is 13.7. The van der Waals surface area contributed by atoms with E-state index in [1.807, 2.05) is 45.0 Å². The third-order valence-electron chi connectivity index (χ3n) is 2.90. The summed E-state index contributed by atoms with van der Waals surface area (Å²) < 4.78 is 5.68. The average Bonchev–Trinajstić information content (AvgIpc) is 2.26. The molecule has 0 aliphatic heterocycles. The number of rotatable bonds is 3. The van der Waals surface area contributed by atoms with Crippen LogP contribution in [-0.4, -0.2) is 17.6 Å². The molecule has 1 rings (SSSR count). The van der Waals surface area contributed by atoms with Gasteiger partial charge in [-0.05, 0) is 50.8 Å². The number of ether oxygens (including phenoxy) is 1. The summed E-state index contributed by atoms with van der Waals surface area (Å²) in [6, 6.07) is 7.93. The second-order valence-corrected chi connectivity index (χ2v) is 7.27. The molecular formula is C17H27NO2. The van der Waals surface area contributed by atoms with Gasteiger partial charge in [-0.25, -0.2) is 0 Å². The molecule has 0 aliphatic rings. The zero-order chi connectivity index (χ0) is 15.6. The third kappa shape index (κ3) is 5.24. The number of carbonyl (C=O) groups excluding carboxylic acids is 1. The van der Waals surface area contributed by atoms with Crippen LogP contribution in [0.1, 0.15) is 54.0 Å². The highest BCUT2D eigenvalue weighted by Gasteiger charge is 2.20. The quantitative estimate of drug-likeness (QED) is 0.915. The van der Waals surface area contributed by atoms with Crippen molar-refractivity contribution in [3.8, 4) is 5.75 Å². The number of hydrogen-bond acceptors (Lipinski definition) is 2.